The van der Waals surface area contributed by atoms with Gasteiger partial charge in [0.25, 0.3) is 5.91 Å². The van der Waals surface area contributed by atoms with E-state index in [-0.39, 0.29) is 23.4 Å². The normalized spacial score (nSPS) is 10.3. The number of amides is 1. The standard InChI is InChI=1S/C14H14ClN3O2/c15-12-5-11(7-17-13(12)16)14(20)18-6-9-3-1-2-4-10(9)8-19/h1-5,7,19H,6,8H2,(H2,16,17)(H,18,20). The first-order valence-electron chi connectivity index (χ1n) is 5.98. The summed E-state index contributed by atoms with van der Waals surface area (Å²) in [5.74, 6) is -0.110. The molecule has 1 aromatic heterocycles. The van der Waals surface area contributed by atoms with Crippen LogP contribution in [-0.4, -0.2) is 16.0 Å². The topological polar surface area (TPSA) is 88.2 Å². The van der Waals surface area contributed by atoms with Crippen LogP contribution >= 0.6 is 11.6 Å². The number of nitrogen functional groups attached to an aromatic ring is 1. The first kappa shape index (κ1) is 14.3. The maximum atomic E-state index is 12.0. The Hall–Kier alpha value is -2.11. The van der Waals surface area contributed by atoms with Crippen molar-refractivity contribution in [2.45, 2.75) is 13.2 Å². The van der Waals surface area contributed by atoms with Gasteiger partial charge in [0.1, 0.15) is 5.82 Å². The van der Waals surface area contributed by atoms with Gasteiger partial charge in [-0.25, -0.2) is 4.98 Å². The fourth-order valence-electron chi connectivity index (χ4n) is 1.73. The van der Waals surface area contributed by atoms with Gasteiger partial charge in [0.05, 0.1) is 17.2 Å². The summed E-state index contributed by atoms with van der Waals surface area (Å²) in [7, 11) is 0. The fraction of sp³-hybridized carbons (Fsp3) is 0.143. The number of nitrogens with two attached hydrogens (primary N) is 1. The van der Waals surface area contributed by atoms with Gasteiger partial charge < -0.3 is 16.2 Å². The number of carbonyl (C=O) groups is 1. The number of pyridine rings is 1. The highest BCUT2D eigenvalue weighted by Crippen LogP contribution is 2.16. The lowest BCUT2D eigenvalue weighted by molar-refractivity contribution is 0.0950. The lowest BCUT2D eigenvalue weighted by Gasteiger charge is -2.09. The molecule has 2 rings (SSSR count). The van der Waals surface area contributed by atoms with Crippen LogP contribution in [0.15, 0.2) is 36.5 Å². The van der Waals surface area contributed by atoms with Crippen LogP contribution in [-0.2, 0) is 13.2 Å². The SMILES string of the molecule is Nc1ncc(C(=O)NCc2ccccc2CO)cc1Cl. The molecule has 0 bridgehead atoms. The molecule has 0 aliphatic rings. The highest BCUT2D eigenvalue weighted by Gasteiger charge is 2.09. The lowest BCUT2D eigenvalue weighted by atomic mass is 10.1. The Kier molecular flexibility index (Phi) is 4.55. The molecule has 0 saturated heterocycles. The number of aliphatic hydroxyl groups excluding tert-OH is 1. The van der Waals surface area contributed by atoms with E-state index >= 15 is 0 Å². The van der Waals surface area contributed by atoms with E-state index in [1.54, 1.807) is 0 Å². The Labute approximate surface area is 121 Å². The molecule has 0 saturated carbocycles. The van der Waals surface area contributed by atoms with Crippen molar-refractivity contribution < 1.29 is 9.90 Å². The second kappa shape index (κ2) is 6.36. The Morgan fingerprint density at radius 3 is 2.70 bits per heavy atom. The molecule has 0 aliphatic carbocycles. The molecule has 104 valence electrons. The van der Waals surface area contributed by atoms with Crippen molar-refractivity contribution in [2.75, 3.05) is 5.73 Å². The molecule has 0 fully saturated rings. The molecule has 1 amide bonds. The third kappa shape index (κ3) is 3.26. The molecule has 6 heteroatoms. The Balaban J connectivity index is 2.06. The molecule has 20 heavy (non-hydrogen) atoms. The largest absolute Gasteiger partial charge is 0.392 e. The van der Waals surface area contributed by atoms with Crippen molar-refractivity contribution in [1.82, 2.24) is 10.3 Å². The lowest BCUT2D eigenvalue weighted by Crippen LogP contribution is -2.23. The van der Waals surface area contributed by atoms with Crippen LogP contribution in [0.4, 0.5) is 5.82 Å². The highest BCUT2D eigenvalue weighted by molar-refractivity contribution is 6.33. The van der Waals surface area contributed by atoms with E-state index in [0.29, 0.717) is 12.1 Å². The van der Waals surface area contributed by atoms with Gasteiger partial charge in [-0.3, -0.25) is 4.79 Å². The Bertz CT molecular complexity index is 632. The van der Waals surface area contributed by atoms with Crippen molar-refractivity contribution >= 4 is 23.3 Å². The number of carbonyl (C=O) groups excluding carboxylic acids is 1. The average molecular weight is 292 g/mol. The summed E-state index contributed by atoms with van der Waals surface area (Å²) >= 11 is 5.82. The summed E-state index contributed by atoms with van der Waals surface area (Å²) in [5, 5.41) is 12.2. The third-order valence-electron chi connectivity index (χ3n) is 2.86. The zero-order valence-corrected chi connectivity index (χ0v) is 11.4. The summed E-state index contributed by atoms with van der Waals surface area (Å²) in [5.41, 5.74) is 7.47. The van der Waals surface area contributed by atoms with Crippen molar-refractivity contribution in [1.29, 1.82) is 0 Å². The van der Waals surface area contributed by atoms with Crippen LogP contribution in [0.1, 0.15) is 21.5 Å². The van der Waals surface area contributed by atoms with E-state index in [1.807, 2.05) is 24.3 Å². The molecule has 0 radical (unpaired) electrons. The molecule has 1 heterocycles. The minimum absolute atomic E-state index is 0.0682. The van der Waals surface area contributed by atoms with E-state index < -0.39 is 0 Å². The fourth-order valence-corrected chi connectivity index (χ4v) is 1.90. The van der Waals surface area contributed by atoms with Crippen molar-refractivity contribution in [3.8, 4) is 0 Å². The first-order valence-corrected chi connectivity index (χ1v) is 6.36. The second-order valence-electron chi connectivity index (χ2n) is 4.20. The first-order chi connectivity index (χ1) is 9.61. The number of aromatic nitrogens is 1. The summed E-state index contributed by atoms with van der Waals surface area (Å²) in [4.78, 5) is 15.8. The van der Waals surface area contributed by atoms with E-state index in [0.717, 1.165) is 11.1 Å². The number of rotatable bonds is 4. The molecule has 0 aliphatic heterocycles. The van der Waals surface area contributed by atoms with Gasteiger partial charge in [-0.15, -0.1) is 0 Å². The number of anilines is 1. The number of hydrogen-bond donors (Lipinski definition) is 3. The van der Waals surface area contributed by atoms with Crippen molar-refractivity contribution in [3.63, 3.8) is 0 Å². The summed E-state index contributed by atoms with van der Waals surface area (Å²) in [6.07, 6.45) is 1.37. The number of nitrogens with zero attached hydrogens (tertiary/aromatic N) is 1. The number of hydrogen-bond acceptors (Lipinski definition) is 4. The minimum atomic E-state index is -0.299. The Morgan fingerprint density at radius 2 is 2.05 bits per heavy atom. The second-order valence-corrected chi connectivity index (χ2v) is 4.61. The summed E-state index contributed by atoms with van der Waals surface area (Å²) in [6, 6.07) is 8.81. The van der Waals surface area contributed by atoms with Crippen molar-refractivity contribution in [2.24, 2.45) is 0 Å². The zero-order chi connectivity index (χ0) is 14.5. The third-order valence-corrected chi connectivity index (χ3v) is 3.16. The maximum Gasteiger partial charge on any atom is 0.253 e. The van der Waals surface area contributed by atoms with Crippen molar-refractivity contribution in [3.05, 3.63) is 58.2 Å². The minimum Gasteiger partial charge on any atom is -0.392 e. The van der Waals surface area contributed by atoms with Gasteiger partial charge in [-0.1, -0.05) is 35.9 Å². The number of aliphatic hydroxyl groups is 1. The van der Waals surface area contributed by atoms with Crippen LogP contribution in [0, 0.1) is 0 Å². The predicted octanol–water partition coefficient (Wildman–Crippen LogP) is 1.74. The molecule has 0 atom stereocenters. The summed E-state index contributed by atoms with van der Waals surface area (Å²) in [6.45, 7) is 0.249. The van der Waals surface area contributed by atoms with Gasteiger partial charge in [-0.05, 0) is 17.2 Å². The quantitative estimate of drug-likeness (QED) is 0.800. The molecule has 0 unspecified atom stereocenters. The van der Waals surface area contributed by atoms with Crippen LogP contribution in [0.2, 0.25) is 5.02 Å². The van der Waals surface area contributed by atoms with E-state index in [9.17, 15) is 9.90 Å². The molecular weight excluding hydrogens is 278 g/mol. The van der Waals surface area contributed by atoms with Gasteiger partial charge in [0, 0.05) is 12.7 Å². The van der Waals surface area contributed by atoms with Gasteiger partial charge in [0.2, 0.25) is 0 Å². The molecule has 5 nitrogen and oxygen atoms in total. The van der Waals surface area contributed by atoms with E-state index in [2.05, 4.69) is 10.3 Å². The number of halogens is 1. The Morgan fingerprint density at radius 1 is 1.35 bits per heavy atom. The molecule has 4 N–H and O–H groups in total. The molecule has 1 aromatic carbocycles. The van der Waals surface area contributed by atoms with Crippen LogP contribution in [0.25, 0.3) is 0 Å². The smallest absolute Gasteiger partial charge is 0.253 e. The molecule has 2 aromatic rings. The van der Waals surface area contributed by atoms with E-state index in [1.165, 1.54) is 12.3 Å². The van der Waals surface area contributed by atoms with Crippen LogP contribution in [0.3, 0.4) is 0 Å². The predicted molar refractivity (Wildman–Crippen MR) is 77.2 cm³/mol. The number of benzene rings is 1. The molecular formula is C14H14ClN3O2. The molecule has 0 spiro atoms. The van der Waals surface area contributed by atoms with Gasteiger partial charge in [-0.2, -0.15) is 0 Å². The van der Waals surface area contributed by atoms with Crippen LogP contribution < -0.4 is 11.1 Å². The average Bonchev–Trinajstić information content (AvgIpc) is 2.47. The zero-order valence-electron chi connectivity index (χ0n) is 10.6. The van der Waals surface area contributed by atoms with Gasteiger partial charge in [0.15, 0.2) is 0 Å². The highest BCUT2D eigenvalue weighted by atomic mass is 35.5. The summed E-state index contributed by atoms with van der Waals surface area (Å²) < 4.78 is 0. The van der Waals surface area contributed by atoms with Crippen LogP contribution in [0.5, 0.6) is 0 Å². The number of nitrogens with one attached hydrogen (secondary N) is 1. The van der Waals surface area contributed by atoms with Gasteiger partial charge >= 0.3 is 0 Å². The monoisotopic (exact) mass is 291 g/mol. The van der Waals surface area contributed by atoms with E-state index in [4.69, 9.17) is 17.3 Å². The maximum absolute atomic E-state index is 12.0.